The van der Waals surface area contributed by atoms with Crippen LogP contribution >= 0.6 is 0 Å². The van der Waals surface area contributed by atoms with E-state index in [-0.39, 0.29) is 0 Å². The quantitative estimate of drug-likeness (QED) is 0.763. The summed E-state index contributed by atoms with van der Waals surface area (Å²) in [5, 5.41) is 17.2. The Morgan fingerprint density at radius 1 is 1.08 bits per heavy atom. The Morgan fingerprint density at radius 3 is 2.65 bits per heavy atom. The Balaban J connectivity index is 1.46. The molecule has 4 nitrogen and oxygen atoms in total. The molecular formula is C22H22N4. The van der Waals surface area contributed by atoms with E-state index in [0.29, 0.717) is 11.6 Å². The summed E-state index contributed by atoms with van der Waals surface area (Å²) in [6, 6.07) is 20.8. The number of rotatable bonds is 5. The molecule has 0 bridgehead atoms. The van der Waals surface area contributed by atoms with E-state index in [0.717, 1.165) is 25.9 Å². The standard InChI is InChI=1S/C22H22N4/c23-13-17-9-11-18(12-10-17)14-24-21-7-4-8-22-20(21)15-25-26(22)16-19-5-2-1-3-6-19/h1-3,5-6,9-12,15,21,24H,4,7-8,14,16H2/t21-/m0/s1. The molecule has 3 aromatic rings. The maximum atomic E-state index is 8.90. The highest BCUT2D eigenvalue weighted by Gasteiger charge is 2.23. The van der Waals surface area contributed by atoms with E-state index in [2.05, 4.69) is 45.4 Å². The van der Waals surface area contributed by atoms with Gasteiger partial charge >= 0.3 is 0 Å². The minimum absolute atomic E-state index is 0.346. The van der Waals surface area contributed by atoms with Crippen molar-refractivity contribution >= 4 is 0 Å². The molecule has 130 valence electrons. The predicted molar refractivity (Wildman–Crippen MR) is 101 cm³/mol. The Labute approximate surface area is 154 Å². The fraction of sp³-hybridized carbons (Fsp3) is 0.273. The number of benzene rings is 2. The normalized spacial score (nSPS) is 16.0. The predicted octanol–water partition coefficient (Wildman–Crippen LogP) is 3.97. The van der Waals surface area contributed by atoms with Gasteiger partial charge in [0.25, 0.3) is 0 Å². The molecule has 0 fully saturated rings. The molecule has 0 saturated heterocycles. The molecule has 2 aromatic carbocycles. The SMILES string of the molecule is N#Cc1ccc(CN[C@H]2CCCc3c2cnn3Cc2ccccc2)cc1. The largest absolute Gasteiger partial charge is 0.306 e. The number of aromatic nitrogens is 2. The molecule has 0 radical (unpaired) electrons. The van der Waals surface area contributed by atoms with E-state index in [1.807, 2.05) is 36.5 Å². The van der Waals surface area contributed by atoms with Crippen LogP contribution in [-0.2, 0) is 19.5 Å². The zero-order valence-corrected chi connectivity index (χ0v) is 14.7. The van der Waals surface area contributed by atoms with Gasteiger partial charge in [-0.25, -0.2) is 0 Å². The lowest BCUT2D eigenvalue weighted by Crippen LogP contribution is -2.25. The van der Waals surface area contributed by atoms with Gasteiger partial charge < -0.3 is 5.32 Å². The molecule has 0 aliphatic heterocycles. The Hall–Kier alpha value is -2.90. The summed E-state index contributed by atoms with van der Waals surface area (Å²) in [6.45, 7) is 1.64. The zero-order chi connectivity index (χ0) is 17.8. The monoisotopic (exact) mass is 342 g/mol. The van der Waals surface area contributed by atoms with Crippen molar-refractivity contribution in [1.29, 1.82) is 5.26 Å². The molecule has 1 aliphatic carbocycles. The van der Waals surface area contributed by atoms with Crippen molar-refractivity contribution in [2.75, 3.05) is 0 Å². The lowest BCUT2D eigenvalue weighted by Gasteiger charge is -2.24. The second-order valence-corrected chi connectivity index (χ2v) is 6.82. The summed E-state index contributed by atoms with van der Waals surface area (Å²) < 4.78 is 2.15. The molecule has 1 atom stereocenters. The molecule has 0 unspecified atom stereocenters. The number of nitrogens with one attached hydrogen (secondary N) is 1. The van der Waals surface area contributed by atoms with Crippen LogP contribution < -0.4 is 5.32 Å². The average Bonchev–Trinajstić information content (AvgIpc) is 3.11. The highest BCUT2D eigenvalue weighted by molar-refractivity contribution is 5.32. The first kappa shape index (κ1) is 16.6. The van der Waals surface area contributed by atoms with Gasteiger partial charge in [0.15, 0.2) is 0 Å². The second kappa shape index (κ2) is 7.55. The first-order chi connectivity index (χ1) is 12.8. The van der Waals surface area contributed by atoms with Gasteiger partial charge in [0.1, 0.15) is 0 Å². The summed E-state index contributed by atoms with van der Waals surface area (Å²) in [6.07, 6.45) is 5.45. The van der Waals surface area contributed by atoms with Crippen molar-refractivity contribution in [1.82, 2.24) is 15.1 Å². The molecule has 1 N–H and O–H groups in total. The van der Waals surface area contributed by atoms with Crippen LogP contribution in [0.5, 0.6) is 0 Å². The first-order valence-corrected chi connectivity index (χ1v) is 9.14. The molecule has 0 spiro atoms. The van der Waals surface area contributed by atoms with Crippen molar-refractivity contribution in [3.8, 4) is 6.07 Å². The summed E-state index contributed by atoms with van der Waals surface area (Å²) >= 11 is 0. The minimum Gasteiger partial charge on any atom is -0.306 e. The molecule has 26 heavy (non-hydrogen) atoms. The fourth-order valence-corrected chi connectivity index (χ4v) is 3.66. The van der Waals surface area contributed by atoms with E-state index in [1.54, 1.807) is 0 Å². The van der Waals surface area contributed by atoms with Gasteiger partial charge in [-0.05, 0) is 42.5 Å². The van der Waals surface area contributed by atoms with Crippen LogP contribution in [0, 0.1) is 11.3 Å². The first-order valence-electron chi connectivity index (χ1n) is 9.14. The van der Waals surface area contributed by atoms with Crippen molar-refractivity contribution < 1.29 is 0 Å². The maximum absolute atomic E-state index is 8.90. The van der Waals surface area contributed by atoms with Gasteiger partial charge in [-0.1, -0.05) is 42.5 Å². The van der Waals surface area contributed by atoms with Crippen molar-refractivity contribution in [2.24, 2.45) is 0 Å². The van der Waals surface area contributed by atoms with E-state index in [1.165, 1.54) is 28.8 Å². The van der Waals surface area contributed by atoms with Gasteiger partial charge in [0.05, 0.1) is 24.4 Å². The van der Waals surface area contributed by atoms with Crippen LogP contribution in [0.4, 0.5) is 0 Å². The van der Waals surface area contributed by atoms with Crippen LogP contribution in [0.15, 0.2) is 60.8 Å². The highest BCUT2D eigenvalue weighted by Crippen LogP contribution is 2.30. The number of hydrogen-bond acceptors (Lipinski definition) is 3. The number of nitrogens with zero attached hydrogens (tertiary/aromatic N) is 3. The molecule has 0 amide bonds. The lowest BCUT2D eigenvalue weighted by molar-refractivity contribution is 0.449. The molecule has 4 rings (SSSR count). The van der Waals surface area contributed by atoms with Crippen LogP contribution in [0.2, 0.25) is 0 Å². The molecular weight excluding hydrogens is 320 g/mol. The number of hydrogen-bond donors (Lipinski definition) is 1. The lowest BCUT2D eigenvalue weighted by atomic mass is 9.92. The van der Waals surface area contributed by atoms with Crippen molar-refractivity contribution in [3.05, 3.63) is 88.7 Å². The summed E-state index contributed by atoms with van der Waals surface area (Å²) in [5.74, 6) is 0. The second-order valence-electron chi connectivity index (χ2n) is 6.82. The van der Waals surface area contributed by atoms with Crippen molar-refractivity contribution in [3.63, 3.8) is 0 Å². The molecule has 4 heteroatoms. The van der Waals surface area contributed by atoms with Gasteiger partial charge in [-0.15, -0.1) is 0 Å². The minimum atomic E-state index is 0.346. The van der Waals surface area contributed by atoms with Crippen LogP contribution in [-0.4, -0.2) is 9.78 Å². The van der Waals surface area contributed by atoms with Crippen LogP contribution in [0.1, 0.15) is 46.8 Å². The Morgan fingerprint density at radius 2 is 1.88 bits per heavy atom. The fourth-order valence-electron chi connectivity index (χ4n) is 3.66. The van der Waals surface area contributed by atoms with Crippen LogP contribution in [0.3, 0.4) is 0 Å². The smallest absolute Gasteiger partial charge is 0.0991 e. The Bertz CT molecular complexity index is 904. The Kier molecular flexibility index (Phi) is 4.81. The topological polar surface area (TPSA) is 53.6 Å². The van der Waals surface area contributed by atoms with Gasteiger partial charge in [0.2, 0.25) is 0 Å². The summed E-state index contributed by atoms with van der Waals surface area (Å²) in [7, 11) is 0. The molecule has 0 saturated carbocycles. The molecule has 1 aliphatic rings. The van der Waals surface area contributed by atoms with Crippen molar-refractivity contribution in [2.45, 2.75) is 38.4 Å². The van der Waals surface area contributed by atoms with Crippen LogP contribution in [0.25, 0.3) is 0 Å². The number of fused-ring (bicyclic) bond motifs is 1. The van der Waals surface area contributed by atoms with Gasteiger partial charge in [-0.2, -0.15) is 10.4 Å². The average molecular weight is 342 g/mol. The van der Waals surface area contributed by atoms with Gasteiger partial charge in [-0.3, -0.25) is 4.68 Å². The summed E-state index contributed by atoms with van der Waals surface area (Å²) in [5.41, 5.74) is 5.88. The molecule has 1 aromatic heterocycles. The zero-order valence-electron chi connectivity index (χ0n) is 14.7. The third-order valence-electron chi connectivity index (χ3n) is 5.07. The highest BCUT2D eigenvalue weighted by atomic mass is 15.3. The summed E-state index contributed by atoms with van der Waals surface area (Å²) in [4.78, 5) is 0. The van der Waals surface area contributed by atoms with E-state index in [4.69, 9.17) is 5.26 Å². The number of nitriles is 1. The molecule has 1 heterocycles. The van der Waals surface area contributed by atoms with E-state index < -0.39 is 0 Å². The third kappa shape index (κ3) is 3.54. The van der Waals surface area contributed by atoms with Gasteiger partial charge in [0, 0.05) is 23.8 Å². The maximum Gasteiger partial charge on any atom is 0.0991 e. The van der Waals surface area contributed by atoms with E-state index >= 15 is 0 Å². The third-order valence-corrected chi connectivity index (χ3v) is 5.07. The van der Waals surface area contributed by atoms with E-state index in [9.17, 15) is 0 Å².